The number of hydrogen-bond acceptors (Lipinski definition) is 4. The fraction of sp³-hybridized carbons (Fsp3) is 0.389. The number of benzene rings is 1. The molecule has 1 fully saturated rings. The van der Waals surface area contributed by atoms with Gasteiger partial charge in [-0.25, -0.2) is 9.37 Å². The predicted octanol–water partition coefficient (Wildman–Crippen LogP) is 3.04. The summed E-state index contributed by atoms with van der Waals surface area (Å²) in [7, 11) is 0. The first-order valence-corrected chi connectivity index (χ1v) is 8.05. The van der Waals surface area contributed by atoms with E-state index in [9.17, 15) is 9.50 Å². The number of aliphatic hydroxyl groups excluding tert-OH is 1. The molecule has 5 heteroatoms. The molecule has 0 spiro atoms. The van der Waals surface area contributed by atoms with E-state index in [4.69, 9.17) is 0 Å². The highest BCUT2D eigenvalue weighted by atomic mass is 19.1. The van der Waals surface area contributed by atoms with Gasteiger partial charge >= 0.3 is 0 Å². The quantitative estimate of drug-likeness (QED) is 0.890. The summed E-state index contributed by atoms with van der Waals surface area (Å²) in [5.74, 6) is 0.964. The number of piperidine rings is 1. The maximum Gasteiger partial charge on any atom is 0.128 e. The van der Waals surface area contributed by atoms with Crippen molar-refractivity contribution in [1.29, 1.82) is 0 Å². The normalized spacial score (nSPS) is 15.7. The molecule has 2 heterocycles. The summed E-state index contributed by atoms with van der Waals surface area (Å²) in [6.45, 7) is 2.61. The van der Waals surface area contributed by atoms with Gasteiger partial charge < -0.3 is 15.3 Å². The van der Waals surface area contributed by atoms with Crippen LogP contribution in [0.15, 0.2) is 42.6 Å². The largest absolute Gasteiger partial charge is 0.396 e. The zero-order valence-electron chi connectivity index (χ0n) is 13.1. The Labute approximate surface area is 136 Å². The lowest BCUT2D eigenvalue weighted by Crippen LogP contribution is -2.34. The maximum absolute atomic E-state index is 13.6. The van der Waals surface area contributed by atoms with Gasteiger partial charge in [0.25, 0.3) is 0 Å². The number of nitrogens with one attached hydrogen (secondary N) is 1. The molecule has 2 aromatic rings. The number of nitrogens with zero attached hydrogens (tertiary/aromatic N) is 2. The third-order valence-electron chi connectivity index (χ3n) is 4.40. The monoisotopic (exact) mass is 315 g/mol. The molecule has 0 saturated carbocycles. The van der Waals surface area contributed by atoms with Crippen LogP contribution in [0.3, 0.4) is 0 Å². The van der Waals surface area contributed by atoms with Crippen molar-refractivity contribution in [3.63, 3.8) is 0 Å². The smallest absolute Gasteiger partial charge is 0.128 e. The van der Waals surface area contributed by atoms with Crippen LogP contribution >= 0.6 is 0 Å². The van der Waals surface area contributed by atoms with Crippen LogP contribution in [0, 0.1) is 11.7 Å². The van der Waals surface area contributed by atoms with Crippen molar-refractivity contribution in [2.75, 3.05) is 29.9 Å². The van der Waals surface area contributed by atoms with E-state index in [0.717, 1.165) is 37.4 Å². The Bertz CT molecular complexity index is 624. The summed E-state index contributed by atoms with van der Waals surface area (Å²) in [5, 5.41) is 12.3. The van der Waals surface area contributed by atoms with E-state index in [1.165, 1.54) is 6.07 Å². The Morgan fingerprint density at radius 3 is 2.61 bits per heavy atom. The van der Waals surface area contributed by atoms with Crippen molar-refractivity contribution in [3.8, 4) is 0 Å². The molecule has 0 bridgehead atoms. The van der Waals surface area contributed by atoms with Crippen LogP contribution in [0.25, 0.3) is 0 Å². The molecule has 122 valence electrons. The molecule has 2 N–H and O–H groups in total. The first kappa shape index (κ1) is 15.7. The molecule has 1 aliphatic heterocycles. The minimum Gasteiger partial charge on any atom is -0.396 e. The summed E-state index contributed by atoms with van der Waals surface area (Å²) < 4.78 is 13.6. The second kappa shape index (κ2) is 7.42. The molecule has 0 aliphatic carbocycles. The van der Waals surface area contributed by atoms with Crippen molar-refractivity contribution in [2.45, 2.75) is 19.4 Å². The molecule has 1 saturated heterocycles. The Hall–Kier alpha value is -2.14. The van der Waals surface area contributed by atoms with Gasteiger partial charge in [-0.2, -0.15) is 0 Å². The van der Waals surface area contributed by atoms with Gasteiger partial charge in [-0.3, -0.25) is 0 Å². The molecule has 3 rings (SSSR count). The van der Waals surface area contributed by atoms with Gasteiger partial charge in [-0.05, 0) is 37.0 Å². The van der Waals surface area contributed by atoms with Crippen molar-refractivity contribution in [1.82, 2.24) is 4.98 Å². The minimum atomic E-state index is -0.205. The molecule has 1 aromatic carbocycles. The van der Waals surface area contributed by atoms with Crippen LogP contribution in [-0.4, -0.2) is 29.8 Å². The van der Waals surface area contributed by atoms with Crippen LogP contribution in [0.1, 0.15) is 18.4 Å². The fourth-order valence-electron chi connectivity index (χ4n) is 2.88. The molecule has 0 radical (unpaired) electrons. The first-order chi connectivity index (χ1) is 11.3. The van der Waals surface area contributed by atoms with Gasteiger partial charge in [0.2, 0.25) is 0 Å². The zero-order chi connectivity index (χ0) is 16.1. The standard InChI is InChI=1S/C18H22FN3O/c19-17-4-2-1-3-15(17)11-20-18-6-5-16(12-21-18)22-9-7-14(13-23)8-10-22/h1-6,12,14,23H,7-11,13H2,(H,20,21). The number of aliphatic hydroxyl groups is 1. The van der Waals surface area contributed by atoms with Crippen molar-refractivity contribution in [2.24, 2.45) is 5.92 Å². The molecule has 0 unspecified atom stereocenters. The Kier molecular flexibility index (Phi) is 5.08. The lowest BCUT2D eigenvalue weighted by atomic mass is 9.98. The van der Waals surface area contributed by atoms with E-state index in [-0.39, 0.29) is 12.4 Å². The Balaban J connectivity index is 1.56. The van der Waals surface area contributed by atoms with Crippen molar-refractivity contribution >= 4 is 11.5 Å². The molecule has 0 amide bonds. The van der Waals surface area contributed by atoms with Crippen LogP contribution < -0.4 is 10.2 Å². The first-order valence-electron chi connectivity index (χ1n) is 8.05. The van der Waals surface area contributed by atoms with Gasteiger partial charge in [-0.15, -0.1) is 0 Å². The predicted molar refractivity (Wildman–Crippen MR) is 90.0 cm³/mol. The summed E-state index contributed by atoms with van der Waals surface area (Å²) >= 11 is 0. The second-order valence-electron chi connectivity index (χ2n) is 5.96. The summed E-state index contributed by atoms with van der Waals surface area (Å²) in [5.41, 5.74) is 1.72. The molecule has 0 atom stereocenters. The molecule has 4 nitrogen and oxygen atoms in total. The maximum atomic E-state index is 13.6. The third-order valence-corrected chi connectivity index (χ3v) is 4.40. The van der Waals surface area contributed by atoms with E-state index in [1.807, 2.05) is 24.4 Å². The lowest BCUT2D eigenvalue weighted by Gasteiger charge is -2.32. The second-order valence-corrected chi connectivity index (χ2v) is 5.96. The Morgan fingerprint density at radius 1 is 1.17 bits per heavy atom. The summed E-state index contributed by atoms with van der Waals surface area (Å²) in [6, 6.07) is 10.7. The van der Waals surface area contributed by atoms with Gasteiger partial charge in [0, 0.05) is 31.8 Å². The summed E-state index contributed by atoms with van der Waals surface area (Å²) in [6.07, 6.45) is 3.89. The Morgan fingerprint density at radius 2 is 1.96 bits per heavy atom. The minimum absolute atomic E-state index is 0.205. The molecule has 23 heavy (non-hydrogen) atoms. The number of hydrogen-bond donors (Lipinski definition) is 2. The molecule has 1 aliphatic rings. The molecular weight excluding hydrogens is 293 g/mol. The highest BCUT2D eigenvalue weighted by Gasteiger charge is 2.18. The van der Waals surface area contributed by atoms with Gasteiger partial charge in [-0.1, -0.05) is 18.2 Å². The van der Waals surface area contributed by atoms with Gasteiger partial charge in [0.05, 0.1) is 11.9 Å². The topological polar surface area (TPSA) is 48.4 Å². The van der Waals surface area contributed by atoms with E-state index in [2.05, 4.69) is 15.2 Å². The number of halogens is 1. The van der Waals surface area contributed by atoms with Gasteiger partial charge in [0.15, 0.2) is 0 Å². The van der Waals surface area contributed by atoms with Crippen LogP contribution in [-0.2, 0) is 6.54 Å². The highest BCUT2D eigenvalue weighted by Crippen LogP contribution is 2.23. The van der Waals surface area contributed by atoms with Crippen molar-refractivity contribution in [3.05, 3.63) is 54.0 Å². The van der Waals surface area contributed by atoms with Crippen LogP contribution in [0.2, 0.25) is 0 Å². The number of rotatable bonds is 5. The highest BCUT2D eigenvalue weighted by molar-refractivity contribution is 5.49. The number of pyridine rings is 1. The third kappa shape index (κ3) is 3.99. The van der Waals surface area contributed by atoms with Crippen LogP contribution in [0.4, 0.5) is 15.9 Å². The van der Waals surface area contributed by atoms with Crippen LogP contribution in [0.5, 0.6) is 0 Å². The van der Waals surface area contributed by atoms with Gasteiger partial charge in [0.1, 0.15) is 11.6 Å². The SMILES string of the molecule is OCC1CCN(c2ccc(NCc3ccccc3F)nc2)CC1. The van der Waals surface area contributed by atoms with E-state index < -0.39 is 0 Å². The molecule has 1 aromatic heterocycles. The van der Waals surface area contributed by atoms with Crippen molar-refractivity contribution < 1.29 is 9.50 Å². The lowest BCUT2D eigenvalue weighted by molar-refractivity contribution is 0.203. The zero-order valence-corrected chi connectivity index (χ0v) is 13.1. The number of aromatic nitrogens is 1. The van der Waals surface area contributed by atoms with E-state index in [1.54, 1.807) is 12.1 Å². The fourth-order valence-corrected chi connectivity index (χ4v) is 2.88. The number of anilines is 2. The summed E-state index contributed by atoms with van der Waals surface area (Å²) in [4.78, 5) is 6.70. The van der Waals surface area contributed by atoms with E-state index in [0.29, 0.717) is 18.0 Å². The average Bonchev–Trinajstić information content (AvgIpc) is 2.62. The van der Waals surface area contributed by atoms with E-state index >= 15 is 0 Å². The average molecular weight is 315 g/mol. The molecular formula is C18H22FN3O.